The third-order valence-corrected chi connectivity index (χ3v) is 2.56. The van der Waals surface area contributed by atoms with Gasteiger partial charge in [0.2, 0.25) is 0 Å². The van der Waals surface area contributed by atoms with Gasteiger partial charge >= 0.3 is 0 Å². The van der Waals surface area contributed by atoms with Crippen LogP contribution in [-0.4, -0.2) is 24.4 Å². The summed E-state index contributed by atoms with van der Waals surface area (Å²) < 4.78 is 5.17. The van der Waals surface area contributed by atoms with Gasteiger partial charge in [-0.25, -0.2) is 0 Å². The van der Waals surface area contributed by atoms with Crippen LogP contribution in [-0.2, 0) is 4.74 Å². The molecule has 0 saturated carbocycles. The predicted molar refractivity (Wildman–Crippen MR) is 51.0 cm³/mol. The summed E-state index contributed by atoms with van der Waals surface area (Å²) in [6.07, 6.45) is -0.390. The quantitative estimate of drug-likeness (QED) is 0.746. The topological polar surface area (TPSA) is 29.5 Å². The van der Waals surface area contributed by atoms with Crippen molar-refractivity contribution in [3.63, 3.8) is 0 Å². The molecular formula is C10H11ClO2. The number of hydrogen-bond donors (Lipinski definition) is 1. The molecule has 0 aliphatic carbocycles. The Morgan fingerprint density at radius 1 is 1.38 bits per heavy atom. The van der Waals surface area contributed by atoms with Crippen LogP contribution in [0.5, 0.6) is 0 Å². The maximum absolute atomic E-state index is 9.57. The minimum Gasteiger partial charge on any atom is -0.390 e. The second-order valence-corrected chi connectivity index (χ2v) is 3.70. The molecule has 1 aromatic carbocycles. The highest BCUT2D eigenvalue weighted by atomic mass is 35.5. The molecule has 2 atom stereocenters. The van der Waals surface area contributed by atoms with Gasteiger partial charge < -0.3 is 9.84 Å². The Morgan fingerprint density at radius 3 is 2.85 bits per heavy atom. The molecule has 2 nitrogen and oxygen atoms in total. The summed E-state index contributed by atoms with van der Waals surface area (Å²) in [6.45, 7) is 1.01. The second-order valence-electron chi connectivity index (χ2n) is 3.27. The van der Waals surface area contributed by atoms with Crippen LogP contribution in [0.1, 0.15) is 11.5 Å². The molecule has 1 N–H and O–H groups in total. The van der Waals surface area contributed by atoms with Crippen LogP contribution in [0.4, 0.5) is 0 Å². The fourth-order valence-corrected chi connectivity index (χ4v) is 1.80. The van der Waals surface area contributed by atoms with Gasteiger partial charge in [0.05, 0.1) is 19.3 Å². The largest absolute Gasteiger partial charge is 0.390 e. The van der Waals surface area contributed by atoms with Gasteiger partial charge in [-0.15, -0.1) is 0 Å². The zero-order chi connectivity index (χ0) is 9.26. The molecule has 1 fully saturated rings. The van der Waals surface area contributed by atoms with E-state index >= 15 is 0 Å². The Labute approximate surface area is 82.1 Å². The van der Waals surface area contributed by atoms with E-state index in [-0.39, 0.29) is 5.92 Å². The first-order chi connectivity index (χ1) is 6.27. The highest BCUT2D eigenvalue weighted by Gasteiger charge is 2.27. The van der Waals surface area contributed by atoms with Crippen molar-refractivity contribution >= 4 is 11.6 Å². The monoisotopic (exact) mass is 198 g/mol. The highest BCUT2D eigenvalue weighted by Crippen LogP contribution is 2.27. The number of aliphatic hydroxyl groups excluding tert-OH is 1. The molecule has 3 heteroatoms. The van der Waals surface area contributed by atoms with Crippen molar-refractivity contribution in [1.82, 2.24) is 0 Å². The van der Waals surface area contributed by atoms with Crippen LogP contribution in [0.2, 0.25) is 5.02 Å². The predicted octanol–water partition coefficient (Wildman–Crippen LogP) is 1.81. The molecule has 13 heavy (non-hydrogen) atoms. The van der Waals surface area contributed by atoms with Crippen LogP contribution in [0.3, 0.4) is 0 Å². The molecule has 1 aliphatic heterocycles. The van der Waals surface area contributed by atoms with Gasteiger partial charge in [-0.3, -0.25) is 0 Å². The molecule has 70 valence electrons. The van der Waals surface area contributed by atoms with Gasteiger partial charge in [0, 0.05) is 10.9 Å². The molecule has 0 bridgehead atoms. The molecule has 2 rings (SSSR count). The van der Waals surface area contributed by atoms with E-state index in [0.29, 0.717) is 18.2 Å². The van der Waals surface area contributed by atoms with Crippen LogP contribution >= 0.6 is 11.6 Å². The van der Waals surface area contributed by atoms with E-state index in [2.05, 4.69) is 0 Å². The Bertz CT molecular complexity index is 301. The van der Waals surface area contributed by atoms with Gasteiger partial charge in [-0.2, -0.15) is 0 Å². The van der Waals surface area contributed by atoms with E-state index in [1.165, 1.54) is 0 Å². The number of aliphatic hydroxyl groups is 1. The number of hydrogen-bond acceptors (Lipinski definition) is 2. The van der Waals surface area contributed by atoms with E-state index in [0.717, 1.165) is 5.56 Å². The summed E-state index contributed by atoms with van der Waals surface area (Å²) >= 11 is 5.85. The number of halogens is 1. The standard InChI is InChI=1S/C10H11ClO2/c11-8-3-1-2-7(4-8)9-5-13-6-10(9)12/h1-4,9-10,12H,5-6H2/t9-,10+/m0/s1. The minimum absolute atomic E-state index is 0.0821. The first-order valence-electron chi connectivity index (χ1n) is 4.28. The van der Waals surface area contributed by atoms with E-state index in [9.17, 15) is 5.11 Å². The summed E-state index contributed by atoms with van der Waals surface area (Å²) in [5, 5.41) is 10.3. The van der Waals surface area contributed by atoms with Crippen LogP contribution < -0.4 is 0 Å². The molecule has 1 saturated heterocycles. The van der Waals surface area contributed by atoms with Crippen molar-refractivity contribution in [3.8, 4) is 0 Å². The second kappa shape index (κ2) is 3.66. The number of rotatable bonds is 1. The first-order valence-corrected chi connectivity index (χ1v) is 4.66. The molecule has 0 spiro atoms. The molecule has 0 unspecified atom stereocenters. The fraction of sp³-hybridized carbons (Fsp3) is 0.400. The van der Waals surface area contributed by atoms with Crippen molar-refractivity contribution < 1.29 is 9.84 Å². The lowest BCUT2D eigenvalue weighted by Crippen LogP contribution is -2.15. The SMILES string of the molecule is O[C@@H]1COC[C@H]1c1cccc(Cl)c1. The highest BCUT2D eigenvalue weighted by molar-refractivity contribution is 6.30. The Morgan fingerprint density at radius 2 is 2.23 bits per heavy atom. The normalized spacial score (nSPS) is 27.8. The van der Waals surface area contributed by atoms with Gasteiger partial charge in [-0.1, -0.05) is 23.7 Å². The maximum atomic E-state index is 9.57. The fourth-order valence-electron chi connectivity index (χ4n) is 1.60. The molecule has 1 aromatic rings. The molecule has 0 amide bonds. The Kier molecular flexibility index (Phi) is 2.54. The third-order valence-electron chi connectivity index (χ3n) is 2.33. The molecule has 0 radical (unpaired) electrons. The van der Waals surface area contributed by atoms with Crippen molar-refractivity contribution in [2.45, 2.75) is 12.0 Å². The van der Waals surface area contributed by atoms with Crippen molar-refractivity contribution in [1.29, 1.82) is 0 Å². The van der Waals surface area contributed by atoms with Gasteiger partial charge in [0.1, 0.15) is 0 Å². The Hall–Kier alpha value is -0.570. The van der Waals surface area contributed by atoms with Gasteiger partial charge in [-0.05, 0) is 17.7 Å². The van der Waals surface area contributed by atoms with Crippen molar-refractivity contribution in [2.24, 2.45) is 0 Å². The van der Waals surface area contributed by atoms with Crippen molar-refractivity contribution in [3.05, 3.63) is 34.9 Å². The van der Waals surface area contributed by atoms with Crippen LogP contribution in [0.15, 0.2) is 24.3 Å². The van der Waals surface area contributed by atoms with E-state index in [1.54, 1.807) is 0 Å². The first kappa shape index (κ1) is 9.00. The van der Waals surface area contributed by atoms with Gasteiger partial charge in [0.15, 0.2) is 0 Å². The van der Waals surface area contributed by atoms with E-state index in [1.807, 2.05) is 24.3 Å². The summed E-state index contributed by atoms with van der Waals surface area (Å²) in [7, 11) is 0. The molecule has 1 heterocycles. The summed E-state index contributed by atoms with van der Waals surface area (Å²) in [6, 6.07) is 7.56. The van der Waals surface area contributed by atoms with E-state index < -0.39 is 6.10 Å². The zero-order valence-corrected chi connectivity index (χ0v) is 7.87. The zero-order valence-electron chi connectivity index (χ0n) is 7.11. The smallest absolute Gasteiger partial charge is 0.0864 e. The van der Waals surface area contributed by atoms with Crippen LogP contribution in [0, 0.1) is 0 Å². The lowest BCUT2D eigenvalue weighted by Gasteiger charge is -2.12. The average Bonchev–Trinajstić information content (AvgIpc) is 2.51. The molecular weight excluding hydrogens is 188 g/mol. The van der Waals surface area contributed by atoms with Gasteiger partial charge in [0.25, 0.3) is 0 Å². The summed E-state index contributed by atoms with van der Waals surface area (Å²) in [5.41, 5.74) is 1.05. The summed E-state index contributed by atoms with van der Waals surface area (Å²) in [5.74, 6) is 0.0821. The summed E-state index contributed by atoms with van der Waals surface area (Å²) in [4.78, 5) is 0. The lowest BCUT2D eigenvalue weighted by atomic mass is 9.96. The third kappa shape index (κ3) is 1.85. The lowest BCUT2D eigenvalue weighted by molar-refractivity contribution is 0.124. The van der Waals surface area contributed by atoms with Crippen molar-refractivity contribution in [2.75, 3.05) is 13.2 Å². The maximum Gasteiger partial charge on any atom is 0.0864 e. The van der Waals surface area contributed by atoms with E-state index in [4.69, 9.17) is 16.3 Å². The molecule has 1 aliphatic rings. The van der Waals surface area contributed by atoms with Crippen LogP contribution in [0.25, 0.3) is 0 Å². The minimum atomic E-state index is -0.390. The number of ether oxygens (including phenoxy) is 1. The molecule has 0 aromatic heterocycles. The average molecular weight is 199 g/mol. The number of benzene rings is 1. The Balaban J connectivity index is 2.24.